The monoisotopic (exact) mass is 384 g/mol. The Hall–Kier alpha value is -2.08. The average molecular weight is 384 g/mol. The number of benzene rings is 1. The van der Waals surface area contributed by atoms with Gasteiger partial charge >= 0.3 is 0 Å². The summed E-state index contributed by atoms with van der Waals surface area (Å²) >= 11 is 6.71. The number of carbonyl (C=O) groups excluding carboxylic acids is 3. The molecule has 0 spiro atoms. The lowest BCUT2D eigenvalue weighted by atomic mass is 9.91. The maximum atomic E-state index is 12.9. The normalized spacial score (nSPS) is 19.4. The van der Waals surface area contributed by atoms with Gasteiger partial charge in [-0.15, -0.1) is 11.3 Å². The Bertz CT molecular complexity index is 1120. The average Bonchev–Trinajstić information content (AvgIpc) is 3.01. The molecule has 2 aliphatic heterocycles. The summed E-state index contributed by atoms with van der Waals surface area (Å²) < 4.78 is 0. The van der Waals surface area contributed by atoms with Crippen LogP contribution >= 0.6 is 31.5 Å². The fourth-order valence-electron chi connectivity index (χ4n) is 3.56. The van der Waals surface area contributed by atoms with E-state index in [0.717, 1.165) is 16.3 Å². The van der Waals surface area contributed by atoms with E-state index in [1.807, 2.05) is 0 Å². The Labute approximate surface area is 152 Å². The number of pyridine rings is 1. The molecule has 8 heteroatoms. The third-order valence-corrected chi connectivity index (χ3v) is 8.27. The first-order valence-electron chi connectivity index (χ1n) is 7.44. The lowest BCUT2D eigenvalue weighted by Crippen LogP contribution is -2.35. The predicted octanol–water partition coefficient (Wildman–Crippen LogP) is 3.62. The van der Waals surface area contributed by atoms with Crippen LogP contribution in [0.3, 0.4) is 0 Å². The van der Waals surface area contributed by atoms with Crippen LogP contribution in [0.5, 0.6) is 0 Å². The van der Waals surface area contributed by atoms with Crippen molar-refractivity contribution >= 4 is 75.0 Å². The van der Waals surface area contributed by atoms with Crippen molar-refractivity contribution in [2.24, 2.45) is 0 Å². The first-order chi connectivity index (χ1) is 11.9. The number of aromatic nitrogens is 1. The standard InChI is InChI=1S/C17H9N2O3PS2/c1-19-14(20)12-10-8(15(19)24)7-5-18-4-3-6(7)9-11(10)13(25-12)17(22)23(2)16(9)21/h3-5H,1-2H3. The Morgan fingerprint density at radius 1 is 1.08 bits per heavy atom. The summed E-state index contributed by atoms with van der Waals surface area (Å²) in [5.74, 6) is -0.226. The lowest BCUT2D eigenvalue weighted by Gasteiger charge is -2.26. The Balaban J connectivity index is 2.15. The molecule has 0 saturated carbocycles. The lowest BCUT2D eigenvalue weighted by molar-refractivity contribution is 0.0877. The van der Waals surface area contributed by atoms with Gasteiger partial charge in [-0.25, -0.2) is 0 Å². The van der Waals surface area contributed by atoms with Crippen LogP contribution in [0.4, 0.5) is 0 Å². The van der Waals surface area contributed by atoms with E-state index in [1.165, 1.54) is 16.2 Å². The highest BCUT2D eigenvalue weighted by Crippen LogP contribution is 2.54. The molecule has 5 rings (SSSR count). The van der Waals surface area contributed by atoms with Crippen LogP contribution in [0.15, 0.2) is 18.5 Å². The summed E-state index contributed by atoms with van der Waals surface area (Å²) in [6.45, 7) is 1.69. The minimum absolute atomic E-state index is 0.142. The number of rotatable bonds is 0. The zero-order valence-electron chi connectivity index (χ0n) is 13.1. The van der Waals surface area contributed by atoms with E-state index in [1.54, 1.807) is 32.2 Å². The topological polar surface area (TPSA) is 67.3 Å². The minimum atomic E-state index is -1.46. The minimum Gasteiger partial charge on any atom is -0.301 e. The predicted molar refractivity (Wildman–Crippen MR) is 102 cm³/mol. The molecule has 1 atom stereocenters. The zero-order chi connectivity index (χ0) is 17.6. The summed E-state index contributed by atoms with van der Waals surface area (Å²) in [5, 5.41) is 2.76. The van der Waals surface area contributed by atoms with E-state index < -0.39 is 7.92 Å². The van der Waals surface area contributed by atoms with Crippen molar-refractivity contribution in [3.05, 3.63) is 39.3 Å². The first-order valence-corrected chi connectivity index (χ1v) is 10.5. The molecule has 0 fully saturated rings. The van der Waals surface area contributed by atoms with Gasteiger partial charge in [-0.05, 0) is 18.1 Å². The molecule has 0 aliphatic carbocycles. The SMILES string of the molecule is CN1C(=O)c2sc3c4c(c5ccncc5c(c24)C1=S)C(=O)P(C)C3=O. The van der Waals surface area contributed by atoms with Crippen molar-refractivity contribution in [3.63, 3.8) is 0 Å². The number of nitrogens with zero attached hydrogens (tertiary/aromatic N) is 2. The van der Waals surface area contributed by atoms with Crippen molar-refractivity contribution in [1.29, 1.82) is 0 Å². The van der Waals surface area contributed by atoms with Crippen LogP contribution < -0.4 is 0 Å². The summed E-state index contributed by atoms with van der Waals surface area (Å²) in [6, 6.07) is 1.79. The molecule has 25 heavy (non-hydrogen) atoms. The second-order valence-electron chi connectivity index (χ2n) is 6.02. The van der Waals surface area contributed by atoms with E-state index in [4.69, 9.17) is 12.2 Å². The highest BCUT2D eigenvalue weighted by atomic mass is 32.1. The number of amides is 1. The molecule has 0 N–H and O–H groups in total. The molecular weight excluding hydrogens is 375 g/mol. The third-order valence-electron chi connectivity index (χ3n) is 4.80. The Kier molecular flexibility index (Phi) is 2.89. The Morgan fingerprint density at radius 2 is 1.80 bits per heavy atom. The fraction of sp³-hybridized carbons (Fsp3) is 0.118. The van der Waals surface area contributed by atoms with Crippen LogP contribution in [-0.4, -0.2) is 45.5 Å². The molecule has 0 radical (unpaired) electrons. The number of hydrogen-bond donors (Lipinski definition) is 0. The van der Waals surface area contributed by atoms with E-state index in [0.29, 0.717) is 31.1 Å². The van der Waals surface area contributed by atoms with E-state index in [2.05, 4.69) is 4.98 Å². The number of carbonyl (C=O) groups is 3. The van der Waals surface area contributed by atoms with Crippen molar-refractivity contribution in [2.45, 2.75) is 0 Å². The highest BCUT2D eigenvalue weighted by molar-refractivity contribution is 7.90. The van der Waals surface area contributed by atoms with Crippen LogP contribution in [-0.2, 0) is 0 Å². The second kappa shape index (κ2) is 4.75. The smallest absolute Gasteiger partial charge is 0.269 e. The highest BCUT2D eigenvalue weighted by Gasteiger charge is 2.42. The zero-order valence-corrected chi connectivity index (χ0v) is 15.6. The molecule has 0 saturated heterocycles. The third kappa shape index (κ3) is 1.64. The molecule has 2 aromatic heterocycles. The van der Waals surface area contributed by atoms with Crippen LogP contribution in [0, 0.1) is 0 Å². The summed E-state index contributed by atoms with van der Waals surface area (Å²) in [4.78, 5) is 45.4. The molecular formula is C17H9N2O3PS2. The van der Waals surface area contributed by atoms with Crippen LogP contribution in [0.1, 0.15) is 35.3 Å². The van der Waals surface area contributed by atoms with Gasteiger partial charge in [0.2, 0.25) is 5.52 Å². The molecule has 1 unspecified atom stereocenters. The van der Waals surface area contributed by atoms with E-state index in [-0.39, 0.29) is 17.0 Å². The van der Waals surface area contributed by atoms with Gasteiger partial charge in [0.1, 0.15) is 9.87 Å². The van der Waals surface area contributed by atoms with Crippen molar-refractivity contribution in [2.75, 3.05) is 13.7 Å². The molecule has 5 nitrogen and oxygen atoms in total. The van der Waals surface area contributed by atoms with Gasteiger partial charge in [-0.3, -0.25) is 19.4 Å². The molecule has 1 aromatic carbocycles. The first kappa shape index (κ1) is 15.2. The fourth-order valence-corrected chi connectivity index (χ4v) is 6.70. The quantitative estimate of drug-likeness (QED) is 0.438. The second-order valence-corrected chi connectivity index (χ2v) is 9.36. The molecule has 122 valence electrons. The molecule has 2 aliphatic rings. The summed E-state index contributed by atoms with van der Waals surface area (Å²) in [7, 11) is 0.171. The molecule has 3 aromatic rings. The van der Waals surface area contributed by atoms with Gasteiger partial charge in [0.05, 0.1) is 4.88 Å². The molecule has 0 bridgehead atoms. The maximum Gasteiger partial charge on any atom is 0.269 e. The number of fused-ring (bicyclic) bond motifs is 3. The van der Waals surface area contributed by atoms with Crippen LogP contribution in [0.25, 0.3) is 21.5 Å². The van der Waals surface area contributed by atoms with Gasteiger partial charge in [0.25, 0.3) is 5.91 Å². The van der Waals surface area contributed by atoms with Gasteiger partial charge in [0, 0.05) is 54.6 Å². The van der Waals surface area contributed by atoms with Crippen molar-refractivity contribution in [1.82, 2.24) is 9.88 Å². The molecule has 4 heterocycles. The summed E-state index contributed by atoms with van der Waals surface area (Å²) in [6.07, 6.45) is 3.31. The van der Waals surface area contributed by atoms with Crippen molar-refractivity contribution < 1.29 is 14.4 Å². The summed E-state index contributed by atoms with van der Waals surface area (Å²) in [5.41, 5.74) is 0.967. The van der Waals surface area contributed by atoms with E-state index >= 15 is 0 Å². The maximum absolute atomic E-state index is 12.9. The van der Waals surface area contributed by atoms with Crippen molar-refractivity contribution in [3.8, 4) is 0 Å². The Morgan fingerprint density at radius 3 is 2.56 bits per heavy atom. The largest absolute Gasteiger partial charge is 0.301 e. The number of thiophene rings is 1. The molecule has 1 amide bonds. The van der Waals surface area contributed by atoms with Crippen LogP contribution in [0.2, 0.25) is 0 Å². The van der Waals surface area contributed by atoms with Gasteiger partial charge < -0.3 is 4.90 Å². The van der Waals surface area contributed by atoms with Gasteiger partial charge in [0.15, 0.2) is 5.52 Å². The van der Waals surface area contributed by atoms with Gasteiger partial charge in [-0.1, -0.05) is 12.2 Å². The van der Waals surface area contributed by atoms with Gasteiger partial charge in [-0.2, -0.15) is 0 Å². The number of hydrogen-bond acceptors (Lipinski definition) is 6. The number of thiocarbonyl (C=S) groups is 1. The van der Waals surface area contributed by atoms with E-state index in [9.17, 15) is 14.4 Å².